The fraction of sp³-hybridized carbons (Fsp3) is 0.483. The van der Waals surface area contributed by atoms with E-state index in [1.54, 1.807) is 4.90 Å². The summed E-state index contributed by atoms with van der Waals surface area (Å²) in [6, 6.07) is 12.1. The number of carbonyl (C=O) groups excluding carboxylic acids is 3. The summed E-state index contributed by atoms with van der Waals surface area (Å²) >= 11 is 5.90. The van der Waals surface area contributed by atoms with Crippen LogP contribution in [0.15, 0.2) is 48.5 Å². The number of nitrogens with one attached hydrogen (secondary N) is 1. The maximum Gasteiger partial charge on any atom is 0.416 e. The Morgan fingerprint density at radius 2 is 1.88 bits per heavy atom. The summed E-state index contributed by atoms with van der Waals surface area (Å²) in [5, 5.41) is 3.24. The molecule has 0 aromatic heterocycles. The Morgan fingerprint density at radius 1 is 1.15 bits per heavy atom. The first kappa shape index (κ1) is 30.6. The van der Waals surface area contributed by atoms with Crippen molar-refractivity contribution in [1.29, 1.82) is 0 Å². The van der Waals surface area contributed by atoms with Crippen molar-refractivity contribution in [2.75, 3.05) is 25.5 Å². The molecule has 0 radical (unpaired) electrons. The van der Waals surface area contributed by atoms with E-state index in [9.17, 15) is 27.6 Å². The van der Waals surface area contributed by atoms with Gasteiger partial charge in [-0.05, 0) is 50.1 Å². The SMILES string of the molecule is Cc1cc(COC(=O)N2CCC(=O)N3[C@@H]2CN(Cc2ccccc2)C(=O)[C@@H]3CCNC(C)CCl)cc(C(F)(F)F)c1. The number of carbonyl (C=O) groups is 3. The molecule has 2 aliphatic heterocycles. The third-order valence-electron chi connectivity index (χ3n) is 7.27. The van der Waals surface area contributed by atoms with Gasteiger partial charge in [0.05, 0.1) is 12.1 Å². The average Bonchev–Trinajstić information content (AvgIpc) is 2.93. The smallest absolute Gasteiger partial charge is 0.416 e. The van der Waals surface area contributed by atoms with E-state index in [0.29, 0.717) is 31.0 Å². The molecule has 3 amide bonds. The van der Waals surface area contributed by atoms with Crippen molar-refractivity contribution in [3.8, 4) is 0 Å². The maximum absolute atomic E-state index is 13.7. The number of nitrogens with zero attached hydrogens (tertiary/aromatic N) is 3. The molecule has 0 aliphatic carbocycles. The number of fused-ring (bicyclic) bond motifs is 1. The molecule has 0 spiro atoms. The molecule has 2 heterocycles. The van der Waals surface area contributed by atoms with E-state index < -0.39 is 30.0 Å². The molecular formula is C29H34ClF3N4O4. The first-order valence-corrected chi connectivity index (χ1v) is 14.1. The molecule has 0 saturated carbocycles. The van der Waals surface area contributed by atoms with Crippen LogP contribution in [-0.2, 0) is 33.7 Å². The molecule has 12 heteroatoms. The molecule has 2 aromatic carbocycles. The van der Waals surface area contributed by atoms with E-state index in [1.165, 1.54) is 22.8 Å². The Labute approximate surface area is 242 Å². The zero-order valence-corrected chi connectivity index (χ0v) is 23.8. The van der Waals surface area contributed by atoms with Crippen LogP contribution in [0.5, 0.6) is 0 Å². The van der Waals surface area contributed by atoms with Gasteiger partial charge in [-0.3, -0.25) is 14.5 Å². The van der Waals surface area contributed by atoms with E-state index in [4.69, 9.17) is 16.3 Å². The number of rotatable bonds is 9. The van der Waals surface area contributed by atoms with E-state index >= 15 is 0 Å². The topological polar surface area (TPSA) is 82.2 Å². The van der Waals surface area contributed by atoms with Crippen LogP contribution in [0, 0.1) is 6.92 Å². The largest absolute Gasteiger partial charge is 0.444 e. The molecule has 1 unspecified atom stereocenters. The number of amides is 3. The molecule has 41 heavy (non-hydrogen) atoms. The normalized spacial score (nSPS) is 20.2. The predicted molar refractivity (Wildman–Crippen MR) is 147 cm³/mol. The van der Waals surface area contributed by atoms with Crippen molar-refractivity contribution in [3.63, 3.8) is 0 Å². The summed E-state index contributed by atoms with van der Waals surface area (Å²) in [5.41, 5.74) is 0.680. The highest BCUT2D eigenvalue weighted by atomic mass is 35.5. The zero-order chi connectivity index (χ0) is 29.7. The standard InChI is InChI=1S/C29H34ClF3N4O4/c1-19-12-22(14-23(13-19)29(31,32)33)18-41-28(40)36-11-9-26(38)37-24(8-10-34-20(2)15-30)27(39)35(17-25(36)37)16-21-6-4-3-5-7-21/h3-7,12-14,20,24-25,34H,8-11,15-18H2,1-2H3/t20?,24-,25+/m0/s1. The van der Waals surface area contributed by atoms with Gasteiger partial charge < -0.3 is 19.9 Å². The van der Waals surface area contributed by atoms with Gasteiger partial charge in [0.25, 0.3) is 0 Å². The van der Waals surface area contributed by atoms with Gasteiger partial charge in [0.1, 0.15) is 18.8 Å². The Balaban J connectivity index is 1.55. The zero-order valence-electron chi connectivity index (χ0n) is 23.0. The number of benzene rings is 2. The van der Waals surface area contributed by atoms with Crippen LogP contribution in [0.25, 0.3) is 0 Å². The van der Waals surface area contributed by atoms with Gasteiger partial charge in [-0.2, -0.15) is 13.2 Å². The van der Waals surface area contributed by atoms with Crippen molar-refractivity contribution in [3.05, 3.63) is 70.8 Å². The lowest BCUT2D eigenvalue weighted by Crippen LogP contribution is -2.71. The summed E-state index contributed by atoms with van der Waals surface area (Å²) in [4.78, 5) is 44.6. The first-order chi connectivity index (χ1) is 19.5. The van der Waals surface area contributed by atoms with Crippen molar-refractivity contribution in [2.24, 2.45) is 0 Å². The van der Waals surface area contributed by atoms with Crippen molar-refractivity contribution < 1.29 is 32.3 Å². The third kappa shape index (κ3) is 7.51. The van der Waals surface area contributed by atoms with E-state index in [1.807, 2.05) is 37.3 Å². The number of alkyl halides is 4. The molecule has 2 fully saturated rings. The summed E-state index contributed by atoms with van der Waals surface area (Å²) in [6.07, 6.45) is -5.74. The number of ether oxygens (including phenoxy) is 1. The van der Waals surface area contributed by atoms with Crippen LogP contribution in [0.4, 0.5) is 18.0 Å². The van der Waals surface area contributed by atoms with Gasteiger partial charge >= 0.3 is 12.3 Å². The maximum atomic E-state index is 13.7. The first-order valence-electron chi connectivity index (χ1n) is 13.5. The minimum absolute atomic E-state index is 0.00223. The lowest BCUT2D eigenvalue weighted by Gasteiger charge is -2.52. The predicted octanol–water partition coefficient (Wildman–Crippen LogP) is 4.53. The molecule has 2 saturated heterocycles. The Morgan fingerprint density at radius 3 is 2.56 bits per heavy atom. The van der Waals surface area contributed by atoms with Gasteiger partial charge in [-0.25, -0.2) is 4.79 Å². The molecule has 3 atom stereocenters. The minimum Gasteiger partial charge on any atom is -0.444 e. The molecule has 2 aromatic rings. The summed E-state index contributed by atoms with van der Waals surface area (Å²) in [7, 11) is 0. The van der Waals surface area contributed by atoms with Crippen LogP contribution in [-0.4, -0.2) is 76.4 Å². The second kappa shape index (κ2) is 13.1. The monoisotopic (exact) mass is 594 g/mol. The molecule has 8 nitrogen and oxygen atoms in total. The summed E-state index contributed by atoms with van der Waals surface area (Å²) < 4.78 is 45.3. The van der Waals surface area contributed by atoms with Crippen LogP contribution < -0.4 is 5.32 Å². The van der Waals surface area contributed by atoms with E-state index in [2.05, 4.69) is 5.32 Å². The Bertz CT molecular complexity index is 1250. The number of halogens is 4. The van der Waals surface area contributed by atoms with Gasteiger partial charge in [-0.15, -0.1) is 11.6 Å². The van der Waals surface area contributed by atoms with Gasteiger partial charge in [0, 0.05) is 31.4 Å². The van der Waals surface area contributed by atoms with E-state index in [0.717, 1.165) is 17.7 Å². The Hall–Kier alpha value is -3.31. The summed E-state index contributed by atoms with van der Waals surface area (Å²) in [6.45, 7) is 3.97. The Kier molecular flexibility index (Phi) is 9.80. The average molecular weight is 595 g/mol. The van der Waals surface area contributed by atoms with Gasteiger partial charge in [0.2, 0.25) is 11.8 Å². The lowest BCUT2D eigenvalue weighted by molar-refractivity contribution is -0.168. The molecule has 222 valence electrons. The highest BCUT2D eigenvalue weighted by molar-refractivity contribution is 6.18. The number of hydrogen-bond acceptors (Lipinski definition) is 5. The quantitative estimate of drug-likeness (QED) is 0.432. The lowest BCUT2D eigenvalue weighted by atomic mass is 10.0. The van der Waals surface area contributed by atoms with Crippen molar-refractivity contribution in [1.82, 2.24) is 20.0 Å². The van der Waals surface area contributed by atoms with E-state index in [-0.39, 0.29) is 49.5 Å². The van der Waals surface area contributed by atoms with Crippen LogP contribution in [0.1, 0.15) is 42.0 Å². The number of aryl methyl sites for hydroxylation is 1. The molecule has 0 bridgehead atoms. The van der Waals surface area contributed by atoms with Gasteiger partial charge in [-0.1, -0.05) is 42.0 Å². The van der Waals surface area contributed by atoms with Crippen LogP contribution in [0.2, 0.25) is 0 Å². The third-order valence-corrected chi connectivity index (χ3v) is 7.73. The van der Waals surface area contributed by atoms with Gasteiger partial charge in [0.15, 0.2) is 0 Å². The second-order valence-electron chi connectivity index (χ2n) is 10.5. The number of piperazine rings is 1. The molecular weight excluding hydrogens is 561 g/mol. The second-order valence-corrected chi connectivity index (χ2v) is 10.8. The summed E-state index contributed by atoms with van der Waals surface area (Å²) in [5.74, 6) is -0.0706. The molecule has 2 aliphatic rings. The van der Waals surface area contributed by atoms with Crippen LogP contribution in [0.3, 0.4) is 0 Å². The van der Waals surface area contributed by atoms with Crippen molar-refractivity contribution in [2.45, 2.75) is 64.3 Å². The highest BCUT2D eigenvalue weighted by Crippen LogP contribution is 2.32. The molecule has 4 rings (SSSR count). The fourth-order valence-electron chi connectivity index (χ4n) is 5.28. The highest BCUT2D eigenvalue weighted by Gasteiger charge is 2.49. The van der Waals surface area contributed by atoms with Crippen molar-refractivity contribution >= 4 is 29.5 Å². The fourth-order valence-corrected chi connectivity index (χ4v) is 5.38. The number of hydrogen-bond donors (Lipinski definition) is 1. The minimum atomic E-state index is -4.53. The van der Waals surface area contributed by atoms with Crippen LogP contribution >= 0.6 is 11.6 Å². The molecule has 1 N–H and O–H groups in total.